The summed E-state index contributed by atoms with van der Waals surface area (Å²) in [5.41, 5.74) is 5.44. The van der Waals surface area contributed by atoms with Gasteiger partial charge in [0.05, 0.1) is 12.6 Å². The van der Waals surface area contributed by atoms with E-state index in [2.05, 4.69) is 5.32 Å². The standard InChI is InChI=1S/C18H26ClN3O3/c1-5-25-14-10-18(20,17(14,2)3)16(24)22(4)11-15(23)21-13-8-6-7-12(19)9-13/h6-9,14H,5,10-11,20H2,1-4H3,(H,21,23). The van der Waals surface area contributed by atoms with E-state index in [1.807, 2.05) is 20.8 Å². The molecule has 0 saturated heterocycles. The number of nitrogens with zero attached hydrogens (tertiary/aromatic N) is 1. The maximum absolute atomic E-state index is 12.8. The molecule has 2 atom stereocenters. The predicted octanol–water partition coefficient (Wildman–Crippen LogP) is 2.27. The molecule has 0 aromatic heterocycles. The largest absolute Gasteiger partial charge is 0.378 e. The average Bonchev–Trinajstić information content (AvgIpc) is 2.53. The molecule has 1 aliphatic carbocycles. The van der Waals surface area contributed by atoms with Gasteiger partial charge in [-0.1, -0.05) is 31.5 Å². The summed E-state index contributed by atoms with van der Waals surface area (Å²) in [6, 6.07) is 6.84. The van der Waals surface area contributed by atoms with Gasteiger partial charge >= 0.3 is 0 Å². The van der Waals surface area contributed by atoms with E-state index in [1.165, 1.54) is 4.90 Å². The molecular formula is C18H26ClN3O3. The van der Waals surface area contributed by atoms with Crippen molar-refractivity contribution in [3.8, 4) is 0 Å². The van der Waals surface area contributed by atoms with Crippen molar-refractivity contribution in [1.82, 2.24) is 4.90 Å². The first-order valence-corrected chi connectivity index (χ1v) is 8.71. The molecule has 2 amide bonds. The van der Waals surface area contributed by atoms with Crippen LogP contribution in [0.15, 0.2) is 24.3 Å². The molecule has 138 valence electrons. The van der Waals surface area contributed by atoms with Gasteiger partial charge in [0.2, 0.25) is 11.8 Å². The molecular weight excluding hydrogens is 342 g/mol. The molecule has 0 radical (unpaired) electrons. The van der Waals surface area contributed by atoms with Gasteiger partial charge in [0.15, 0.2) is 0 Å². The smallest absolute Gasteiger partial charge is 0.243 e. The maximum atomic E-state index is 12.8. The number of benzene rings is 1. The van der Waals surface area contributed by atoms with Gasteiger partial charge in [0.25, 0.3) is 0 Å². The molecule has 3 N–H and O–H groups in total. The lowest BCUT2D eigenvalue weighted by atomic mass is 9.54. The molecule has 0 bridgehead atoms. The van der Waals surface area contributed by atoms with Crippen molar-refractivity contribution in [3.05, 3.63) is 29.3 Å². The van der Waals surface area contributed by atoms with Crippen LogP contribution in [0.25, 0.3) is 0 Å². The Morgan fingerprint density at radius 2 is 2.12 bits per heavy atom. The number of hydrogen-bond donors (Lipinski definition) is 2. The first kappa shape index (κ1) is 19.7. The van der Waals surface area contributed by atoms with Gasteiger partial charge in [-0.2, -0.15) is 0 Å². The highest BCUT2D eigenvalue weighted by Crippen LogP contribution is 2.50. The van der Waals surface area contributed by atoms with E-state index in [4.69, 9.17) is 22.1 Å². The highest BCUT2D eigenvalue weighted by atomic mass is 35.5. The van der Waals surface area contributed by atoms with Crippen molar-refractivity contribution in [2.45, 2.75) is 38.8 Å². The molecule has 0 heterocycles. The minimum atomic E-state index is -1.03. The molecule has 7 heteroatoms. The van der Waals surface area contributed by atoms with Gasteiger partial charge in [-0.05, 0) is 25.1 Å². The Balaban J connectivity index is 1.97. The zero-order valence-corrected chi connectivity index (χ0v) is 15.9. The highest BCUT2D eigenvalue weighted by molar-refractivity contribution is 6.30. The third kappa shape index (κ3) is 3.81. The Morgan fingerprint density at radius 1 is 1.44 bits per heavy atom. The van der Waals surface area contributed by atoms with Crippen LogP contribution < -0.4 is 11.1 Å². The molecule has 1 aromatic carbocycles. The summed E-state index contributed by atoms with van der Waals surface area (Å²) in [7, 11) is 1.58. The van der Waals surface area contributed by atoms with Crippen molar-refractivity contribution >= 4 is 29.1 Å². The van der Waals surface area contributed by atoms with Gasteiger partial charge in [0, 0.05) is 36.2 Å². The third-order valence-electron chi connectivity index (χ3n) is 5.05. The fraction of sp³-hybridized carbons (Fsp3) is 0.556. The molecule has 1 saturated carbocycles. The van der Waals surface area contributed by atoms with Crippen LogP contribution in [0.4, 0.5) is 5.69 Å². The second-order valence-electron chi connectivity index (χ2n) is 7.06. The van der Waals surface area contributed by atoms with Crippen LogP contribution in [-0.4, -0.2) is 48.6 Å². The summed E-state index contributed by atoms with van der Waals surface area (Å²) in [5, 5.41) is 3.25. The van der Waals surface area contributed by atoms with Crippen LogP contribution >= 0.6 is 11.6 Å². The van der Waals surface area contributed by atoms with Crippen LogP contribution in [0.2, 0.25) is 5.02 Å². The van der Waals surface area contributed by atoms with E-state index in [0.29, 0.717) is 23.7 Å². The lowest BCUT2D eigenvalue weighted by Crippen LogP contribution is -2.76. The second kappa shape index (κ2) is 7.32. The number of carbonyl (C=O) groups excluding carboxylic acids is 2. The van der Waals surface area contributed by atoms with Crippen LogP contribution in [0, 0.1) is 5.41 Å². The molecule has 1 aromatic rings. The Morgan fingerprint density at radius 3 is 2.68 bits per heavy atom. The van der Waals surface area contributed by atoms with E-state index in [9.17, 15) is 9.59 Å². The molecule has 0 aliphatic heterocycles. The number of nitrogens with two attached hydrogens (primary N) is 1. The summed E-state index contributed by atoms with van der Waals surface area (Å²) >= 11 is 5.90. The van der Waals surface area contributed by atoms with Gasteiger partial charge < -0.3 is 20.7 Å². The van der Waals surface area contributed by atoms with Gasteiger partial charge in [0.1, 0.15) is 5.54 Å². The average molecular weight is 368 g/mol. The summed E-state index contributed by atoms with van der Waals surface area (Å²) in [6.45, 7) is 6.26. The van der Waals surface area contributed by atoms with E-state index >= 15 is 0 Å². The Labute approximate surface area is 153 Å². The van der Waals surface area contributed by atoms with E-state index in [0.717, 1.165) is 0 Å². The molecule has 2 unspecified atom stereocenters. The minimum Gasteiger partial charge on any atom is -0.378 e. The maximum Gasteiger partial charge on any atom is 0.243 e. The number of rotatable bonds is 6. The molecule has 25 heavy (non-hydrogen) atoms. The molecule has 6 nitrogen and oxygen atoms in total. The quantitative estimate of drug-likeness (QED) is 0.807. The summed E-state index contributed by atoms with van der Waals surface area (Å²) in [5.74, 6) is -0.560. The number of nitrogens with one attached hydrogen (secondary N) is 1. The van der Waals surface area contributed by atoms with E-state index < -0.39 is 11.0 Å². The van der Waals surface area contributed by atoms with Crippen molar-refractivity contribution in [2.24, 2.45) is 11.1 Å². The van der Waals surface area contributed by atoms with Crippen LogP contribution in [0.3, 0.4) is 0 Å². The number of halogens is 1. The fourth-order valence-corrected chi connectivity index (χ4v) is 3.38. The SMILES string of the molecule is CCOC1CC(N)(C(=O)N(C)CC(=O)Nc2cccc(Cl)c2)C1(C)C. The monoisotopic (exact) mass is 367 g/mol. The van der Waals surface area contributed by atoms with Crippen molar-refractivity contribution < 1.29 is 14.3 Å². The van der Waals surface area contributed by atoms with Crippen molar-refractivity contribution in [2.75, 3.05) is 25.5 Å². The molecule has 2 rings (SSSR count). The number of carbonyl (C=O) groups is 2. The summed E-state index contributed by atoms with van der Waals surface area (Å²) in [4.78, 5) is 26.4. The minimum absolute atomic E-state index is 0.0554. The number of hydrogen-bond acceptors (Lipinski definition) is 4. The fourth-order valence-electron chi connectivity index (χ4n) is 3.19. The Bertz CT molecular complexity index is 665. The third-order valence-corrected chi connectivity index (χ3v) is 5.28. The molecule has 1 fully saturated rings. The van der Waals surface area contributed by atoms with Crippen molar-refractivity contribution in [1.29, 1.82) is 0 Å². The number of anilines is 1. The Kier molecular flexibility index (Phi) is 5.76. The zero-order chi connectivity index (χ0) is 18.8. The van der Waals surface area contributed by atoms with Crippen LogP contribution in [0.5, 0.6) is 0 Å². The Hall–Kier alpha value is -1.63. The lowest BCUT2D eigenvalue weighted by molar-refractivity contribution is -0.178. The topological polar surface area (TPSA) is 84.7 Å². The van der Waals surface area contributed by atoms with Crippen LogP contribution in [0.1, 0.15) is 27.2 Å². The highest BCUT2D eigenvalue weighted by Gasteiger charge is 2.63. The molecule has 0 spiro atoms. The van der Waals surface area contributed by atoms with Gasteiger partial charge in [-0.3, -0.25) is 9.59 Å². The van der Waals surface area contributed by atoms with E-state index in [1.54, 1.807) is 31.3 Å². The van der Waals surface area contributed by atoms with Gasteiger partial charge in [-0.15, -0.1) is 0 Å². The first-order chi connectivity index (χ1) is 11.6. The summed E-state index contributed by atoms with van der Waals surface area (Å²) < 4.78 is 5.65. The summed E-state index contributed by atoms with van der Waals surface area (Å²) in [6.07, 6.45) is 0.396. The number of likely N-dealkylation sites (N-methyl/N-ethyl adjacent to an activating group) is 1. The van der Waals surface area contributed by atoms with Crippen molar-refractivity contribution in [3.63, 3.8) is 0 Å². The first-order valence-electron chi connectivity index (χ1n) is 8.33. The zero-order valence-electron chi connectivity index (χ0n) is 15.1. The lowest BCUT2D eigenvalue weighted by Gasteiger charge is -2.58. The number of amides is 2. The molecule has 1 aliphatic rings. The number of ether oxygens (including phenoxy) is 1. The van der Waals surface area contributed by atoms with Crippen LogP contribution in [-0.2, 0) is 14.3 Å². The second-order valence-corrected chi connectivity index (χ2v) is 7.50. The predicted molar refractivity (Wildman–Crippen MR) is 98.4 cm³/mol. The van der Waals surface area contributed by atoms with E-state index in [-0.39, 0.29) is 24.5 Å². The normalized spacial score (nSPS) is 24.3. The van der Waals surface area contributed by atoms with Gasteiger partial charge in [-0.25, -0.2) is 0 Å².